The SMILES string of the molecule is Cc1ccc(CN(C)c2cc(C(N)=O)ccc2N)o1. The molecule has 0 spiro atoms. The number of rotatable bonds is 4. The summed E-state index contributed by atoms with van der Waals surface area (Å²) >= 11 is 0. The first-order chi connectivity index (χ1) is 8.97. The average molecular weight is 259 g/mol. The van der Waals surface area contributed by atoms with Crippen LogP contribution in [0.25, 0.3) is 0 Å². The number of carbonyl (C=O) groups excluding carboxylic acids is 1. The Morgan fingerprint density at radius 1 is 1.32 bits per heavy atom. The molecule has 0 fully saturated rings. The number of hydrogen-bond acceptors (Lipinski definition) is 4. The Hall–Kier alpha value is -2.43. The summed E-state index contributed by atoms with van der Waals surface area (Å²) in [7, 11) is 1.88. The first-order valence-electron chi connectivity index (χ1n) is 5.93. The number of anilines is 2. The molecule has 0 saturated heterocycles. The second kappa shape index (κ2) is 5.06. The maximum Gasteiger partial charge on any atom is 0.248 e. The number of benzene rings is 1. The van der Waals surface area contributed by atoms with Gasteiger partial charge < -0.3 is 20.8 Å². The Labute approximate surface area is 111 Å². The second-order valence-electron chi connectivity index (χ2n) is 4.51. The van der Waals surface area contributed by atoms with Crippen LogP contribution in [0.15, 0.2) is 34.7 Å². The maximum absolute atomic E-state index is 11.2. The summed E-state index contributed by atoms with van der Waals surface area (Å²) in [5.74, 6) is 1.23. The van der Waals surface area contributed by atoms with E-state index in [1.165, 1.54) is 0 Å². The third-order valence-corrected chi connectivity index (χ3v) is 2.92. The van der Waals surface area contributed by atoms with Gasteiger partial charge in [-0.05, 0) is 37.3 Å². The fourth-order valence-corrected chi connectivity index (χ4v) is 1.92. The van der Waals surface area contributed by atoms with Crippen LogP contribution in [0.1, 0.15) is 21.9 Å². The predicted molar refractivity (Wildman–Crippen MR) is 74.9 cm³/mol. The van der Waals surface area contributed by atoms with Crippen molar-refractivity contribution < 1.29 is 9.21 Å². The van der Waals surface area contributed by atoms with Crippen molar-refractivity contribution in [3.05, 3.63) is 47.4 Å². The molecule has 4 N–H and O–H groups in total. The molecular weight excluding hydrogens is 242 g/mol. The van der Waals surface area contributed by atoms with Crippen molar-refractivity contribution >= 4 is 17.3 Å². The van der Waals surface area contributed by atoms with E-state index in [0.717, 1.165) is 17.2 Å². The zero-order chi connectivity index (χ0) is 14.0. The Kier molecular flexibility index (Phi) is 3.46. The Morgan fingerprint density at radius 2 is 2.05 bits per heavy atom. The van der Waals surface area contributed by atoms with Gasteiger partial charge in [0, 0.05) is 12.6 Å². The van der Waals surface area contributed by atoms with E-state index >= 15 is 0 Å². The number of nitrogen functional groups attached to an aromatic ring is 1. The summed E-state index contributed by atoms with van der Waals surface area (Å²) in [5, 5.41) is 0. The molecule has 0 saturated carbocycles. The van der Waals surface area contributed by atoms with Gasteiger partial charge in [-0.2, -0.15) is 0 Å². The Balaban J connectivity index is 2.25. The zero-order valence-electron chi connectivity index (χ0n) is 11.0. The number of carbonyl (C=O) groups is 1. The van der Waals surface area contributed by atoms with Gasteiger partial charge in [-0.15, -0.1) is 0 Å². The van der Waals surface area contributed by atoms with Gasteiger partial charge in [0.25, 0.3) is 0 Å². The van der Waals surface area contributed by atoms with Crippen LogP contribution in [0.2, 0.25) is 0 Å². The van der Waals surface area contributed by atoms with Crippen LogP contribution < -0.4 is 16.4 Å². The lowest BCUT2D eigenvalue weighted by molar-refractivity contribution is 0.100. The number of aryl methyl sites for hydroxylation is 1. The van der Waals surface area contributed by atoms with Crippen LogP contribution in [0.4, 0.5) is 11.4 Å². The minimum Gasteiger partial charge on any atom is -0.464 e. The maximum atomic E-state index is 11.2. The molecule has 19 heavy (non-hydrogen) atoms. The molecule has 1 aromatic heterocycles. The Morgan fingerprint density at radius 3 is 2.63 bits per heavy atom. The van der Waals surface area contributed by atoms with Crippen LogP contribution in [0.5, 0.6) is 0 Å². The molecule has 1 amide bonds. The van der Waals surface area contributed by atoms with Crippen LogP contribution in [0.3, 0.4) is 0 Å². The number of nitrogens with two attached hydrogens (primary N) is 2. The fraction of sp³-hybridized carbons (Fsp3) is 0.214. The molecule has 0 radical (unpaired) electrons. The van der Waals surface area contributed by atoms with Crippen molar-refractivity contribution in [2.45, 2.75) is 13.5 Å². The third kappa shape index (κ3) is 2.88. The van der Waals surface area contributed by atoms with Crippen molar-refractivity contribution in [3.8, 4) is 0 Å². The summed E-state index contributed by atoms with van der Waals surface area (Å²) in [6, 6.07) is 8.81. The van der Waals surface area contributed by atoms with Crippen molar-refractivity contribution in [2.75, 3.05) is 17.7 Å². The topological polar surface area (TPSA) is 85.5 Å². The highest BCUT2D eigenvalue weighted by molar-refractivity contribution is 5.95. The molecule has 1 heterocycles. The molecule has 5 nitrogen and oxygen atoms in total. The lowest BCUT2D eigenvalue weighted by Crippen LogP contribution is -2.19. The standard InChI is InChI=1S/C14H17N3O2/c1-9-3-5-11(19-9)8-17(2)13-7-10(14(16)18)4-6-12(13)15/h3-7H,8,15H2,1-2H3,(H2,16,18). The zero-order valence-corrected chi connectivity index (χ0v) is 11.0. The molecular formula is C14H17N3O2. The van der Waals surface area contributed by atoms with Gasteiger partial charge in [-0.25, -0.2) is 0 Å². The van der Waals surface area contributed by atoms with Gasteiger partial charge in [0.2, 0.25) is 5.91 Å². The van der Waals surface area contributed by atoms with E-state index in [1.54, 1.807) is 18.2 Å². The van der Waals surface area contributed by atoms with Crippen LogP contribution >= 0.6 is 0 Å². The molecule has 0 aliphatic heterocycles. The molecule has 2 rings (SSSR count). The van der Waals surface area contributed by atoms with Crippen molar-refractivity contribution in [1.29, 1.82) is 0 Å². The number of hydrogen-bond donors (Lipinski definition) is 2. The molecule has 0 aliphatic rings. The van der Waals surface area contributed by atoms with Gasteiger partial charge in [-0.3, -0.25) is 4.79 Å². The lowest BCUT2D eigenvalue weighted by atomic mass is 10.1. The highest BCUT2D eigenvalue weighted by atomic mass is 16.3. The van der Waals surface area contributed by atoms with Crippen molar-refractivity contribution in [2.24, 2.45) is 5.73 Å². The quantitative estimate of drug-likeness (QED) is 0.821. The summed E-state index contributed by atoms with van der Waals surface area (Å²) in [6.45, 7) is 2.46. The summed E-state index contributed by atoms with van der Waals surface area (Å²) < 4.78 is 5.52. The monoisotopic (exact) mass is 259 g/mol. The van der Waals surface area contributed by atoms with Crippen LogP contribution in [0, 0.1) is 6.92 Å². The number of amides is 1. The molecule has 100 valence electrons. The highest BCUT2D eigenvalue weighted by Gasteiger charge is 2.11. The Bertz CT molecular complexity index is 604. The van der Waals surface area contributed by atoms with E-state index in [9.17, 15) is 4.79 Å². The van der Waals surface area contributed by atoms with Gasteiger partial charge in [0.15, 0.2) is 0 Å². The number of primary amides is 1. The van der Waals surface area contributed by atoms with E-state index in [0.29, 0.717) is 17.8 Å². The van der Waals surface area contributed by atoms with Crippen molar-refractivity contribution in [3.63, 3.8) is 0 Å². The smallest absolute Gasteiger partial charge is 0.248 e. The molecule has 0 atom stereocenters. The van der Waals surface area contributed by atoms with Gasteiger partial charge in [-0.1, -0.05) is 0 Å². The van der Waals surface area contributed by atoms with E-state index in [-0.39, 0.29) is 0 Å². The molecule has 5 heteroatoms. The van der Waals surface area contributed by atoms with Gasteiger partial charge in [0.05, 0.1) is 17.9 Å². The predicted octanol–water partition coefficient (Wildman–Crippen LogP) is 1.91. The van der Waals surface area contributed by atoms with Crippen molar-refractivity contribution in [1.82, 2.24) is 0 Å². The summed E-state index contributed by atoms with van der Waals surface area (Å²) in [6.07, 6.45) is 0. The van der Waals surface area contributed by atoms with Crippen LogP contribution in [-0.2, 0) is 6.54 Å². The summed E-state index contributed by atoms with van der Waals surface area (Å²) in [5.41, 5.74) is 13.0. The first-order valence-corrected chi connectivity index (χ1v) is 5.93. The molecule has 2 aromatic rings. The molecule has 0 bridgehead atoms. The van der Waals surface area contributed by atoms with Gasteiger partial charge >= 0.3 is 0 Å². The second-order valence-corrected chi connectivity index (χ2v) is 4.51. The minimum absolute atomic E-state index is 0.437. The van der Waals surface area contributed by atoms with E-state index < -0.39 is 5.91 Å². The van der Waals surface area contributed by atoms with E-state index in [4.69, 9.17) is 15.9 Å². The normalized spacial score (nSPS) is 10.4. The molecule has 0 aliphatic carbocycles. The van der Waals surface area contributed by atoms with Gasteiger partial charge in [0.1, 0.15) is 11.5 Å². The summed E-state index contributed by atoms with van der Waals surface area (Å²) in [4.78, 5) is 13.1. The molecule has 1 aromatic carbocycles. The average Bonchev–Trinajstić information content (AvgIpc) is 2.74. The fourth-order valence-electron chi connectivity index (χ4n) is 1.92. The minimum atomic E-state index is -0.469. The number of furan rings is 1. The number of nitrogens with zero attached hydrogens (tertiary/aromatic N) is 1. The first kappa shape index (κ1) is 13.0. The van der Waals surface area contributed by atoms with Crippen LogP contribution in [-0.4, -0.2) is 13.0 Å². The molecule has 0 unspecified atom stereocenters. The van der Waals surface area contributed by atoms with E-state index in [1.807, 2.05) is 31.0 Å². The lowest BCUT2D eigenvalue weighted by Gasteiger charge is -2.20. The highest BCUT2D eigenvalue weighted by Crippen LogP contribution is 2.25. The third-order valence-electron chi connectivity index (χ3n) is 2.92. The van der Waals surface area contributed by atoms with E-state index in [2.05, 4.69) is 0 Å². The largest absolute Gasteiger partial charge is 0.464 e.